The molecular formula is C17H26BrNO2. The van der Waals surface area contributed by atoms with E-state index in [2.05, 4.69) is 54.2 Å². The predicted octanol–water partition coefficient (Wildman–Crippen LogP) is 3.72. The number of hydrogen-bond acceptors (Lipinski definition) is 3. The molecule has 1 atom stereocenters. The first-order chi connectivity index (χ1) is 10.1. The van der Waals surface area contributed by atoms with Crippen molar-refractivity contribution in [2.45, 2.75) is 52.2 Å². The van der Waals surface area contributed by atoms with Gasteiger partial charge in [0.25, 0.3) is 0 Å². The highest BCUT2D eigenvalue weighted by molar-refractivity contribution is 9.10. The van der Waals surface area contributed by atoms with E-state index in [0.717, 1.165) is 49.2 Å². The van der Waals surface area contributed by atoms with Crippen molar-refractivity contribution in [3.63, 3.8) is 0 Å². The molecule has 0 fully saturated rings. The molecule has 1 aromatic carbocycles. The van der Waals surface area contributed by atoms with Gasteiger partial charge in [-0.25, -0.2) is 0 Å². The van der Waals surface area contributed by atoms with E-state index in [4.69, 9.17) is 9.47 Å². The second-order valence-corrected chi connectivity index (χ2v) is 6.80. The minimum Gasteiger partial charge on any atom is -0.493 e. The second-order valence-electron chi connectivity index (χ2n) is 5.89. The molecule has 2 rings (SSSR count). The van der Waals surface area contributed by atoms with E-state index in [1.54, 1.807) is 0 Å². The van der Waals surface area contributed by atoms with Crippen LogP contribution in [-0.2, 0) is 17.6 Å². The zero-order valence-corrected chi connectivity index (χ0v) is 14.8. The maximum Gasteiger partial charge on any atom is 0.125 e. The minimum atomic E-state index is 0.264. The Hall–Kier alpha value is -0.580. The normalized spacial score (nSPS) is 15.1. The standard InChI is InChI=1S/C17H26BrNO2/c1-4-6-19-16(11-21-12(2)3)10-14-9-15(18)8-13-5-7-20-17(13)14/h8-9,12,16,19H,4-7,10-11H2,1-3H3. The lowest BCUT2D eigenvalue weighted by atomic mass is 10.0. The van der Waals surface area contributed by atoms with Crippen LogP contribution in [0.3, 0.4) is 0 Å². The molecule has 0 spiro atoms. The van der Waals surface area contributed by atoms with Crippen LogP contribution >= 0.6 is 15.9 Å². The van der Waals surface area contributed by atoms with E-state index in [-0.39, 0.29) is 6.10 Å². The van der Waals surface area contributed by atoms with Gasteiger partial charge in [-0.3, -0.25) is 0 Å². The summed E-state index contributed by atoms with van der Waals surface area (Å²) < 4.78 is 12.8. The molecule has 0 aromatic heterocycles. The zero-order chi connectivity index (χ0) is 15.2. The third kappa shape index (κ3) is 4.97. The van der Waals surface area contributed by atoms with Gasteiger partial charge in [-0.2, -0.15) is 0 Å². The first-order valence-corrected chi connectivity index (χ1v) is 8.68. The summed E-state index contributed by atoms with van der Waals surface area (Å²) in [5.74, 6) is 1.09. The van der Waals surface area contributed by atoms with E-state index >= 15 is 0 Å². The highest BCUT2D eigenvalue weighted by atomic mass is 79.9. The molecule has 21 heavy (non-hydrogen) atoms. The van der Waals surface area contributed by atoms with Crippen molar-refractivity contribution in [1.29, 1.82) is 0 Å². The molecule has 0 radical (unpaired) electrons. The van der Waals surface area contributed by atoms with Crippen LogP contribution in [0.25, 0.3) is 0 Å². The Morgan fingerprint density at radius 2 is 2.19 bits per heavy atom. The molecule has 1 aliphatic heterocycles. The fraction of sp³-hybridized carbons (Fsp3) is 0.647. The fourth-order valence-electron chi connectivity index (χ4n) is 2.61. The average molecular weight is 356 g/mol. The lowest BCUT2D eigenvalue weighted by molar-refractivity contribution is 0.0612. The van der Waals surface area contributed by atoms with E-state index < -0.39 is 0 Å². The van der Waals surface area contributed by atoms with Crippen molar-refractivity contribution in [3.05, 3.63) is 27.7 Å². The SMILES string of the molecule is CCCNC(COC(C)C)Cc1cc(Br)cc2c1OCC2. The molecule has 1 aliphatic rings. The molecule has 0 bridgehead atoms. The monoisotopic (exact) mass is 355 g/mol. The van der Waals surface area contributed by atoms with Crippen LogP contribution in [-0.4, -0.2) is 31.9 Å². The van der Waals surface area contributed by atoms with Crippen LogP contribution < -0.4 is 10.1 Å². The third-order valence-electron chi connectivity index (χ3n) is 3.61. The first kappa shape index (κ1) is 16.8. The Balaban J connectivity index is 2.08. The van der Waals surface area contributed by atoms with Gasteiger partial charge >= 0.3 is 0 Å². The van der Waals surface area contributed by atoms with Gasteiger partial charge in [-0.15, -0.1) is 0 Å². The maximum absolute atomic E-state index is 5.83. The summed E-state index contributed by atoms with van der Waals surface area (Å²) in [6.07, 6.45) is 3.34. The molecule has 1 N–H and O–H groups in total. The maximum atomic E-state index is 5.83. The Bertz CT molecular complexity index is 462. The van der Waals surface area contributed by atoms with Crippen LogP contribution in [0.2, 0.25) is 0 Å². The largest absolute Gasteiger partial charge is 0.493 e. The number of fused-ring (bicyclic) bond motifs is 1. The van der Waals surface area contributed by atoms with Crippen LogP contribution in [0.4, 0.5) is 0 Å². The molecule has 118 valence electrons. The van der Waals surface area contributed by atoms with Gasteiger partial charge in [0, 0.05) is 16.9 Å². The van der Waals surface area contributed by atoms with Crippen molar-refractivity contribution in [3.8, 4) is 5.75 Å². The van der Waals surface area contributed by atoms with Crippen molar-refractivity contribution >= 4 is 15.9 Å². The number of nitrogens with one attached hydrogen (secondary N) is 1. The average Bonchev–Trinajstić information content (AvgIpc) is 2.89. The lowest BCUT2D eigenvalue weighted by Crippen LogP contribution is -2.36. The highest BCUT2D eigenvalue weighted by Gasteiger charge is 2.20. The molecule has 0 aliphatic carbocycles. The van der Waals surface area contributed by atoms with Crippen LogP contribution in [0, 0.1) is 0 Å². The quantitative estimate of drug-likeness (QED) is 0.770. The van der Waals surface area contributed by atoms with Crippen LogP contribution in [0.1, 0.15) is 38.3 Å². The number of hydrogen-bond donors (Lipinski definition) is 1. The lowest BCUT2D eigenvalue weighted by Gasteiger charge is -2.21. The van der Waals surface area contributed by atoms with Gasteiger partial charge in [-0.1, -0.05) is 22.9 Å². The van der Waals surface area contributed by atoms with E-state index in [0.29, 0.717) is 6.04 Å². The van der Waals surface area contributed by atoms with Gasteiger partial charge in [0.2, 0.25) is 0 Å². The topological polar surface area (TPSA) is 30.5 Å². The predicted molar refractivity (Wildman–Crippen MR) is 90.2 cm³/mol. The molecule has 1 unspecified atom stereocenters. The fourth-order valence-corrected chi connectivity index (χ4v) is 3.16. The summed E-state index contributed by atoms with van der Waals surface area (Å²) in [6, 6.07) is 4.68. The smallest absolute Gasteiger partial charge is 0.125 e. The Morgan fingerprint density at radius 1 is 1.38 bits per heavy atom. The van der Waals surface area contributed by atoms with Crippen molar-refractivity contribution in [2.24, 2.45) is 0 Å². The highest BCUT2D eigenvalue weighted by Crippen LogP contribution is 2.33. The van der Waals surface area contributed by atoms with Gasteiger partial charge < -0.3 is 14.8 Å². The first-order valence-electron chi connectivity index (χ1n) is 7.89. The van der Waals surface area contributed by atoms with Gasteiger partial charge in [0.15, 0.2) is 0 Å². The molecule has 1 heterocycles. The molecule has 0 saturated carbocycles. The second kappa shape index (κ2) is 8.16. The summed E-state index contributed by atoms with van der Waals surface area (Å²) in [5.41, 5.74) is 2.59. The van der Waals surface area contributed by atoms with Crippen molar-refractivity contribution in [1.82, 2.24) is 5.32 Å². The summed E-state index contributed by atoms with van der Waals surface area (Å²) in [5, 5.41) is 3.59. The van der Waals surface area contributed by atoms with E-state index in [1.807, 2.05) is 0 Å². The van der Waals surface area contributed by atoms with Gasteiger partial charge in [0.05, 0.1) is 19.3 Å². The number of halogens is 1. The summed E-state index contributed by atoms with van der Waals surface area (Å²) >= 11 is 3.61. The van der Waals surface area contributed by atoms with Crippen LogP contribution in [0.15, 0.2) is 16.6 Å². The number of benzene rings is 1. The number of rotatable bonds is 8. The van der Waals surface area contributed by atoms with Crippen LogP contribution in [0.5, 0.6) is 5.75 Å². The van der Waals surface area contributed by atoms with E-state index in [1.165, 1.54) is 11.1 Å². The molecule has 4 heteroatoms. The molecule has 1 aromatic rings. The Morgan fingerprint density at radius 3 is 2.90 bits per heavy atom. The Labute approximate surface area is 136 Å². The molecular weight excluding hydrogens is 330 g/mol. The van der Waals surface area contributed by atoms with Crippen molar-refractivity contribution in [2.75, 3.05) is 19.8 Å². The molecule has 0 saturated heterocycles. The summed E-state index contributed by atoms with van der Waals surface area (Å²) in [4.78, 5) is 0. The molecule has 0 amide bonds. The molecule has 3 nitrogen and oxygen atoms in total. The van der Waals surface area contributed by atoms with Crippen molar-refractivity contribution < 1.29 is 9.47 Å². The van der Waals surface area contributed by atoms with Gasteiger partial charge in [0.1, 0.15) is 5.75 Å². The van der Waals surface area contributed by atoms with E-state index in [9.17, 15) is 0 Å². The Kier molecular flexibility index (Phi) is 6.52. The van der Waals surface area contributed by atoms with Gasteiger partial charge in [-0.05, 0) is 56.5 Å². The third-order valence-corrected chi connectivity index (χ3v) is 4.06. The minimum absolute atomic E-state index is 0.264. The summed E-state index contributed by atoms with van der Waals surface area (Å²) in [7, 11) is 0. The number of ether oxygens (including phenoxy) is 2. The summed E-state index contributed by atoms with van der Waals surface area (Å²) in [6.45, 7) is 8.90. The zero-order valence-electron chi connectivity index (χ0n) is 13.2.